The normalized spacial score (nSPS) is 25.6. The number of halogens is 2. The van der Waals surface area contributed by atoms with Crippen LogP contribution in [-0.2, 0) is 0 Å². The zero-order valence-electron chi connectivity index (χ0n) is 10.5. The van der Waals surface area contributed by atoms with Gasteiger partial charge < -0.3 is 10.4 Å². The quantitative estimate of drug-likeness (QED) is 0.858. The van der Waals surface area contributed by atoms with Crippen molar-refractivity contribution in [2.24, 2.45) is 11.8 Å². The van der Waals surface area contributed by atoms with Crippen molar-refractivity contribution in [1.29, 1.82) is 0 Å². The fourth-order valence-corrected chi connectivity index (χ4v) is 4.35. The minimum Gasteiger partial charge on any atom is -0.396 e. The van der Waals surface area contributed by atoms with Crippen molar-refractivity contribution in [2.45, 2.75) is 32.2 Å². The highest BCUT2D eigenvalue weighted by molar-refractivity contribution is 7.20. The summed E-state index contributed by atoms with van der Waals surface area (Å²) < 4.78 is 1.50. The molecule has 3 atom stereocenters. The highest BCUT2D eigenvalue weighted by Gasteiger charge is 2.26. The van der Waals surface area contributed by atoms with Gasteiger partial charge in [-0.1, -0.05) is 29.6 Å². The largest absolute Gasteiger partial charge is 0.396 e. The van der Waals surface area contributed by atoms with Crippen LogP contribution in [0.3, 0.4) is 0 Å². The van der Waals surface area contributed by atoms with Crippen molar-refractivity contribution < 1.29 is 5.11 Å². The molecule has 1 aliphatic rings. The van der Waals surface area contributed by atoms with E-state index in [1.807, 2.05) is 6.07 Å². The molecule has 0 saturated heterocycles. The molecule has 0 spiro atoms. The SMILES string of the molecule is CC(NCC1CCCC1CO)c1cc(Cl)sc1Cl. The summed E-state index contributed by atoms with van der Waals surface area (Å²) in [6.07, 6.45) is 3.60. The first-order chi connectivity index (χ1) is 8.61. The predicted octanol–water partition coefficient (Wildman–Crippen LogP) is 4.11. The number of aliphatic hydroxyl groups is 1. The summed E-state index contributed by atoms with van der Waals surface area (Å²) in [6.45, 7) is 3.36. The lowest BCUT2D eigenvalue weighted by Gasteiger charge is -2.21. The molecule has 0 bridgehead atoms. The Bertz CT molecular complexity index is 396. The molecular weight excluding hydrogens is 289 g/mol. The highest BCUT2D eigenvalue weighted by Crippen LogP contribution is 2.35. The topological polar surface area (TPSA) is 32.3 Å². The maximum atomic E-state index is 9.30. The minimum atomic E-state index is 0.209. The standard InChI is InChI=1S/C13H19Cl2NOS/c1-8(11-5-12(14)18-13(11)15)16-6-9-3-2-4-10(9)7-17/h5,8-10,16-17H,2-4,6-7H2,1H3. The second-order valence-electron chi connectivity index (χ2n) is 5.04. The Morgan fingerprint density at radius 2 is 2.17 bits per heavy atom. The Morgan fingerprint density at radius 3 is 2.78 bits per heavy atom. The van der Waals surface area contributed by atoms with E-state index in [9.17, 15) is 5.11 Å². The second-order valence-corrected chi connectivity index (χ2v) is 7.33. The van der Waals surface area contributed by atoms with Crippen LogP contribution in [-0.4, -0.2) is 18.3 Å². The smallest absolute Gasteiger partial charge is 0.0991 e. The van der Waals surface area contributed by atoms with Crippen molar-refractivity contribution in [3.8, 4) is 0 Å². The molecule has 0 aliphatic heterocycles. The lowest BCUT2D eigenvalue weighted by atomic mass is 9.96. The number of hydrogen-bond donors (Lipinski definition) is 2. The Morgan fingerprint density at radius 1 is 1.44 bits per heavy atom. The molecule has 2 rings (SSSR count). The van der Waals surface area contributed by atoms with E-state index in [2.05, 4.69) is 12.2 Å². The highest BCUT2D eigenvalue weighted by atomic mass is 35.5. The first kappa shape index (κ1) is 14.6. The Labute approximate surface area is 122 Å². The van der Waals surface area contributed by atoms with E-state index in [0.29, 0.717) is 18.4 Å². The predicted molar refractivity (Wildman–Crippen MR) is 78.7 cm³/mol. The Hall–Kier alpha value is 0.200. The minimum absolute atomic E-state index is 0.209. The van der Waals surface area contributed by atoms with Crippen LogP contribution in [0.15, 0.2) is 6.07 Å². The van der Waals surface area contributed by atoms with Crippen molar-refractivity contribution in [3.05, 3.63) is 20.3 Å². The Kier molecular flexibility index (Phi) is 5.34. The van der Waals surface area contributed by atoms with Gasteiger partial charge in [0, 0.05) is 12.6 Å². The average molecular weight is 308 g/mol. The third kappa shape index (κ3) is 3.40. The molecule has 1 saturated carbocycles. The number of aliphatic hydroxyl groups excluding tert-OH is 1. The maximum absolute atomic E-state index is 9.30. The van der Waals surface area contributed by atoms with E-state index in [1.165, 1.54) is 24.2 Å². The van der Waals surface area contributed by atoms with Gasteiger partial charge in [-0.3, -0.25) is 0 Å². The van der Waals surface area contributed by atoms with Gasteiger partial charge in [0.2, 0.25) is 0 Å². The summed E-state index contributed by atoms with van der Waals surface area (Å²) in [4.78, 5) is 0. The van der Waals surface area contributed by atoms with Crippen LogP contribution < -0.4 is 5.32 Å². The summed E-state index contributed by atoms with van der Waals surface area (Å²) in [5.74, 6) is 1.05. The van der Waals surface area contributed by atoms with Gasteiger partial charge in [-0.25, -0.2) is 0 Å². The van der Waals surface area contributed by atoms with Gasteiger partial charge in [-0.15, -0.1) is 11.3 Å². The van der Waals surface area contributed by atoms with E-state index in [0.717, 1.165) is 27.2 Å². The number of hydrogen-bond acceptors (Lipinski definition) is 3. The molecule has 1 aromatic rings. The van der Waals surface area contributed by atoms with Crippen molar-refractivity contribution in [2.75, 3.05) is 13.2 Å². The molecule has 0 radical (unpaired) electrons. The third-order valence-electron chi connectivity index (χ3n) is 3.89. The summed E-state index contributed by atoms with van der Waals surface area (Å²) in [5.41, 5.74) is 1.07. The molecule has 0 amide bonds. The van der Waals surface area contributed by atoms with Gasteiger partial charge in [0.1, 0.15) is 0 Å². The molecule has 5 heteroatoms. The average Bonchev–Trinajstić information content (AvgIpc) is 2.92. The molecular formula is C13H19Cl2NOS. The second kappa shape index (κ2) is 6.58. The lowest BCUT2D eigenvalue weighted by Crippen LogP contribution is -2.28. The van der Waals surface area contributed by atoms with Crippen LogP contribution in [0.25, 0.3) is 0 Å². The first-order valence-electron chi connectivity index (χ1n) is 6.40. The van der Waals surface area contributed by atoms with Crippen molar-refractivity contribution in [3.63, 3.8) is 0 Å². The third-order valence-corrected chi connectivity index (χ3v) is 5.40. The zero-order valence-corrected chi connectivity index (χ0v) is 12.8. The fourth-order valence-electron chi connectivity index (χ4n) is 2.71. The zero-order chi connectivity index (χ0) is 13.1. The summed E-state index contributed by atoms with van der Waals surface area (Å²) >= 11 is 13.5. The molecule has 18 heavy (non-hydrogen) atoms. The first-order valence-corrected chi connectivity index (χ1v) is 7.98. The van der Waals surface area contributed by atoms with Gasteiger partial charge >= 0.3 is 0 Å². The van der Waals surface area contributed by atoms with Crippen LogP contribution in [0.5, 0.6) is 0 Å². The molecule has 102 valence electrons. The molecule has 1 heterocycles. The van der Waals surface area contributed by atoms with Gasteiger partial charge in [0.25, 0.3) is 0 Å². The molecule has 2 N–H and O–H groups in total. The summed E-state index contributed by atoms with van der Waals surface area (Å²) in [6, 6.07) is 2.14. The van der Waals surface area contributed by atoms with Gasteiger partial charge in [-0.05, 0) is 49.8 Å². The van der Waals surface area contributed by atoms with Gasteiger partial charge in [0.05, 0.1) is 8.67 Å². The van der Waals surface area contributed by atoms with Crippen molar-refractivity contribution >= 4 is 34.5 Å². The number of rotatable bonds is 5. The maximum Gasteiger partial charge on any atom is 0.0991 e. The van der Waals surface area contributed by atoms with E-state index in [1.54, 1.807) is 0 Å². The lowest BCUT2D eigenvalue weighted by molar-refractivity contribution is 0.190. The van der Waals surface area contributed by atoms with Crippen LogP contribution in [0.1, 0.15) is 37.8 Å². The van der Waals surface area contributed by atoms with Crippen LogP contribution in [0, 0.1) is 11.8 Å². The summed E-state index contributed by atoms with van der Waals surface area (Å²) in [5, 5.41) is 12.8. The van der Waals surface area contributed by atoms with Crippen LogP contribution >= 0.6 is 34.5 Å². The van der Waals surface area contributed by atoms with Gasteiger partial charge in [-0.2, -0.15) is 0 Å². The summed E-state index contributed by atoms with van der Waals surface area (Å²) in [7, 11) is 0. The molecule has 2 nitrogen and oxygen atoms in total. The van der Waals surface area contributed by atoms with E-state index < -0.39 is 0 Å². The van der Waals surface area contributed by atoms with Crippen LogP contribution in [0.4, 0.5) is 0 Å². The molecule has 3 unspecified atom stereocenters. The molecule has 1 fully saturated rings. The fraction of sp³-hybridized carbons (Fsp3) is 0.692. The molecule has 1 aromatic heterocycles. The number of nitrogens with one attached hydrogen (secondary N) is 1. The number of thiophene rings is 1. The van der Waals surface area contributed by atoms with Crippen molar-refractivity contribution in [1.82, 2.24) is 5.32 Å². The van der Waals surface area contributed by atoms with Gasteiger partial charge in [0.15, 0.2) is 0 Å². The van der Waals surface area contributed by atoms with E-state index >= 15 is 0 Å². The Balaban J connectivity index is 1.88. The molecule has 1 aliphatic carbocycles. The van der Waals surface area contributed by atoms with E-state index in [4.69, 9.17) is 23.2 Å². The van der Waals surface area contributed by atoms with E-state index in [-0.39, 0.29) is 6.04 Å². The molecule has 0 aromatic carbocycles. The monoisotopic (exact) mass is 307 g/mol. The van der Waals surface area contributed by atoms with Crippen LogP contribution in [0.2, 0.25) is 8.67 Å².